The first kappa shape index (κ1) is 27.8. The fourth-order valence-electron chi connectivity index (χ4n) is 5.53. The Hall–Kier alpha value is -1.82. The van der Waals surface area contributed by atoms with Crippen molar-refractivity contribution in [1.29, 1.82) is 0 Å². The molecular formula is C29H44N2O3S. The lowest BCUT2D eigenvalue weighted by Gasteiger charge is -2.48. The van der Waals surface area contributed by atoms with E-state index < -0.39 is 17.5 Å². The second-order valence-corrected chi connectivity index (χ2v) is 13.7. The van der Waals surface area contributed by atoms with Gasteiger partial charge in [-0.05, 0) is 67.3 Å². The van der Waals surface area contributed by atoms with E-state index in [1.54, 1.807) is 0 Å². The van der Waals surface area contributed by atoms with Crippen LogP contribution in [0, 0.1) is 16.7 Å². The molecule has 194 valence electrons. The number of hydrogen-bond donors (Lipinski definition) is 1. The maximum absolute atomic E-state index is 13.3. The van der Waals surface area contributed by atoms with Crippen LogP contribution in [-0.2, 0) is 9.59 Å². The molecule has 2 fully saturated rings. The highest BCUT2D eigenvalue weighted by Crippen LogP contribution is 2.47. The molecule has 1 saturated heterocycles. The molecule has 0 aromatic heterocycles. The first-order chi connectivity index (χ1) is 16.3. The summed E-state index contributed by atoms with van der Waals surface area (Å²) in [5, 5.41) is 3.20. The number of hydrogen-bond acceptors (Lipinski definition) is 4. The van der Waals surface area contributed by atoms with Crippen LogP contribution in [0.1, 0.15) is 115 Å². The summed E-state index contributed by atoms with van der Waals surface area (Å²) in [6.07, 6.45) is 6.18. The molecule has 0 radical (unpaired) electrons. The van der Waals surface area contributed by atoms with E-state index in [0.29, 0.717) is 11.5 Å². The Bertz CT molecular complexity index is 919. The van der Waals surface area contributed by atoms with Crippen LogP contribution in [0.15, 0.2) is 24.3 Å². The van der Waals surface area contributed by atoms with Gasteiger partial charge in [-0.1, -0.05) is 84.5 Å². The van der Waals surface area contributed by atoms with E-state index in [1.807, 2.05) is 29.2 Å². The van der Waals surface area contributed by atoms with Crippen LogP contribution in [0.4, 0.5) is 0 Å². The zero-order valence-electron chi connectivity index (χ0n) is 22.7. The maximum Gasteiger partial charge on any atom is 0.314 e. The molecule has 1 atom stereocenters. The molecule has 1 saturated carbocycles. The lowest BCUT2D eigenvalue weighted by molar-refractivity contribution is -0.144. The third kappa shape index (κ3) is 6.49. The average Bonchev–Trinajstić information content (AvgIpc) is 3.01. The maximum atomic E-state index is 13.3. The first-order valence-electron chi connectivity index (χ1n) is 13.2. The molecule has 5 nitrogen and oxygen atoms in total. The minimum Gasteiger partial charge on any atom is -0.325 e. The lowest BCUT2D eigenvalue weighted by Crippen LogP contribution is -2.56. The minimum absolute atomic E-state index is 0.0794. The van der Waals surface area contributed by atoms with Crippen molar-refractivity contribution in [2.24, 2.45) is 16.7 Å². The molecule has 2 aliphatic rings. The Labute approximate surface area is 216 Å². The van der Waals surface area contributed by atoms with E-state index in [1.165, 1.54) is 11.8 Å². The van der Waals surface area contributed by atoms with Crippen molar-refractivity contribution in [3.63, 3.8) is 0 Å². The van der Waals surface area contributed by atoms with Crippen LogP contribution in [-0.4, -0.2) is 33.2 Å². The molecule has 35 heavy (non-hydrogen) atoms. The summed E-state index contributed by atoms with van der Waals surface area (Å²) < 4.78 is 0. The highest BCUT2D eigenvalue weighted by Gasteiger charge is 2.54. The van der Waals surface area contributed by atoms with Crippen molar-refractivity contribution in [2.45, 2.75) is 105 Å². The summed E-state index contributed by atoms with van der Waals surface area (Å²) >= 11 is 1.34. The molecular weight excluding hydrogens is 456 g/mol. The van der Waals surface area contributed by atoms with Gasteiger partial charge in [-0.25, -0.2) is 0 Å². The van der Waals surface area contributed by atoms with Gasteiger partial charge in [-0.3, -0.25) is 14.4 Å². The number of amides is 2. The van der Waals surface area contributed by atoms with E-state index >= 15 is 0 Å². The number of carbonyl (C=O) groups is 3. The van der Waals surface area contributed by atoms with Crippen molar-refractivity contribution in [3.8, 4) is 0 Å². The van der Waals surface area contributed by atoms with Crippen molar-refractivity contribution in [3.05, 3.63) is 35.4 Å². The fourth-order valence-corrected chi connectivity index (χ4v) is 6.22. The molecule has 1 heterocycles. The summed E-state index contributed by atoms with van der Waals surface area (Å²) in [6.45, 7) is 15.5. The van der Waals surface area contributed by atoms with E-state index in [2.05, 4.69) is 53.8 Å². The van der Waals surface area contributed by atoms with Gasteiger partial charge in [0.1, 0.15) is 5.66 Å². The summed E-state index contributed by atoms with van der Waals surface area (Å²) in [6, 6.07) is 7.52. The normalized spacial score (nSPS) is 24.1. The molecule has 0 bridgehead atoms. The van der Waals surface area contributed by atoms with E-state index in [0.717, 1.165) is 56.3 Å². The Kier molecular flexibility index (Phi) is 8.45. The predicted octanol–water partition coefficient (Wildman–Crippen LogP) is 6.73. The van der Waals surface area contributed by atoms with Crippen molar-refractivity contribution < 1.29 is 14.4 Å². The van der Waals surface area contributed by atoms with Gasteiger partial charge in [0.05, 0.1) is 6.04 Å². The smallest absolute Gasteiger partial charge is 0.314 e. The number of nitrogens with one attached hydrogen (secondary N) is 1. The highest BCUT2D eigenvalue weighted by molar-refractivity contribution is 8.14. The largest absolute Gasteiger partial charge is 0.325 e. The Morgan fingerprint density at radius 3 is 2.20 bits per heavy atom. The average molecular weight is 501 g/mol. The van der Waals surface area contributed by atoms with Gasteiger partial charge in [-0.2, -0.15) is 0 Å². The molecule has 3 rings (SSSR count). The first-order valence-corrected chi connectivity index (χ1v) is 14.2. The van der Waals surface area contributed by atoms with Gasteiger partial charge in [-0.15, -0.1) is 0 Å². The van der Waals surface area contributed by atoms with Crippen LogP contribution < -0.4 is 5.32 Å². The molecule has 1 aromatic rings. The standard InChI is InChI=1S/C29H44N2O3S/c1-8-19-35-26(34)21-11-9-20(10-12-21)23(15-16-27(2,3)4)31-25(33)24(32)30-29(31)17-13-22(14-18-29)28(5,6)7/h9-12,22-23H,8,13-19H2,1-7H3,(H,30,32). The third-order valence-corrected chi connectivity index (χ3v) is 8.82. The van der Waals surface area contributed by atoms with Crippen LogP contribution in [0.3, 0.4) is 0 Å². The monoisotopic (exact) mass is 500 g/mol. The van der Waals surface area contributed by atoms with Gasteiger partial charge in [0.2, 0.25) is 5.12 Å². The summed E-state index contributed by atoms with van der Waals surface area (Å²) in [5.41, 5.74) is 1.37. The number of carbonyl (C=O) groups excluding carboxylic acids is 3. The Morgan fingerprint density at radius 2 is 1.69 bits per heavy atom. The summed E-state index contributed by atoms with van der Waals surface area (Å²) in [4.78, 5) is 40.5. The number of benzene rings is 1. The Morgan fingerprint density at radius 1 is 1.09 bits per heavy atom. The van der Waals surface area contributed by atoms with Crippen LogP contribution in [0.5, 0.6) is 0 Å². The minimum atomic E-state index is -0.621. The van der Waals surface area contributed by atoms with E-state index in [4.69, 9.17) is 0 Å². The molecule has 1 N–H and O–H groups in total. The van der Waals surface area contributed by atoms with Gasteiger partial charge in [0, 0.05) is 11.3 Å². The zero-order valence-corrected chi connectivity index (χ0v) is 23.5. The second kappa shape index (κ2) is 10.7. The van der Waals surface area contributed by atoms with Gasteiger partial charge in [0.25, 0.3) is 0 Å². The van der Waals surface area contributed by atoms with E-state index in [-0.39, 0.29) is 22.0 Å². The van der Waals surface area contributed by atoms with Crippen molar-refractivity contribution >= 4 is 28.7 Å². The summed E-state index contributed by atoms with van der Waals surface area (Å²) in [5.74, 6) is 0.476. The predicted molar refractivity (Wildman–Crippen MR) is 144 cm³/mol. The lowest BCUT2D eigenvalue weighted by atomic mass is 9.69. The number of nitrogens with zero attached hydrogens (tertiary/aromatic N) is 1. The molecule has 1 unspecified atom stereocenters. The van der Waals surface area contributed by atoms with Gasteiger partial charge < -0.3 is 10.2 Å². The molecule has 1 spiro atoms. The van der Waals surface area contributed by atoms with Gasteiger partial charge >= 0.3 is 11.8 Å². The fraction of sp³-hybridized carbons (Fsp3) is 0.690. The Balaban J connectivity index is 1.93. The van der Waals surface area contributed by atoms with Gasteiger partial charge in [0.15, 0.2) is 0 Å². The van der Waals surface area contributed by atoms with Crippen LogP contribution in [0.2, 0.25) is 0 Å². The van der Waals surface area contributed by atoms with Crippen molar-refractivity contribution in [1.82, 2.24) is 10.2 Å². The van der Waals surface area contributed by atoms with Crippen LogP contribution in [0.25, 0.3) is 0 Å². The molecule has 6 heteroatoms. The molecule has 1 aromatic carbocycles. The van der Waals surface area contributed by atoms with E-state index in [9.17, 15) is 14.4 Å². The number of rotatable bonds is 7. The van der Waals surface area contributed by atoms with Crippen molar-refractivity contribution in [2.75, 3.05) is 5.75 Å². The zero-order chi connectivity index (χ0) is 26.0. The number of thioether (sulfide) groups is 1. The third-order valence-electron chi connectivity index (χ3n) is 7.71. The summed E-state index contributed by atoms with van der Waals surface area (Å²) in [7, 11) is 0. The molecule has 1 aliphatic carbocycles. The SMILES string of the molecule is CCCSC(=O)c1ccc(C(CCC(C)(C)C)N2C(=O)C(=O)NC23CCC(C(C)(C)C)CC3)cc1. The topological polar surface area (TPSA) is 66.5 Å². The van der Waals surface area contributed by atoms with Crippen LogP contribution >= 0.6 is 11.8 Å². The second-order valence-electron chi connectivity index (χ2n) is 12.7. The quantitative estimate of drug-likeness (QED) is 0.422. The highest BCUT2D eigenvalue weighted by atomic mass is 32.2. The molecule has 2 amide bonds. The molecule has 1 aliphatic heterocycles.